The highest BCUT2D eigenvalue weighted by Crippen LogP contribution is 2.37. The molecule has 2 aromatic rings. The zero-order valence-corrected chi connectivity index (χ0v) is 19.2. The first-order valence-electron chi connectivity index (χ1n) is 11.2. The van der Waals surface area contributed by atoms with E-state index in [2.05, 4.69) is 42.7 Å². The van der Waals surface area contributed by atoms with Crippen LogP contribution in [0.15, 0.2) is 28.8 Å². The second-order valence-electron chi connectivity index (χ2n) is 9.42. The van der Waals surface area contributed by atoms with Gasteiger partial charge in [0.15, 0.2) is 5.82 Å². The number of aromatic nitrogens is 2. The number of halogens is 1. The summed E-state index contributed by atoms with van der Waals surface area (Å²) in [5.74, 6) is 1.24. The molecule has 1 aromatic heterocycles. The number of likely N-dealkylation sites (tertiary alicyclic amines) is 1. The lowest BCUT2D eigenvalue weighted by Gasteiger charge is -2.38. The highest BCUT2D eigenvalue weighted by Gasteiger charge is 2.33. The molecule has 6 nitrogen and oxygen atoms in total. The number of hydrogen-bond donors (Lipinski definition) is 0. The van der Waals surface area contributed by atoms with E-state index >= 15 is 0 Å². The van der Waals surface area contributed by atoms with Crippen molar-refractivity contribution in [1.82, 2.24) is 15.0 Å². The first-order chi connectivity index (χ1) is 14.7. The number of rotatable bonds is 7. The summed E-state index contributed by atoms with van der Waals surface area (Å²) < 4.78 is 24.2. The van der Waals surface area contributed by atoms with E-state index in [1.165, 1.54) is 12.1 Å². The second-order valence-corrected chi connectivity index (χ2v) is 9.42. The van der Waals surface area contributed by atoms with E-state index < -0.39 is 0 Å². The highest BCUT2D eigenvalue weighted by atomic mass is 19.1. The van der Waals surface area contributed by atoms with Crippen molar-refractivity contribution in [3.63, 3.8) is 0 Å². The van der Waals surface area contributed by atoms with Gasteiger partial charge in [0.2, 0.25) is 5.89 Å². The quantitative estimate of drug-likeness (QED) is 0.574. The van der Waals surface area contributed by atoms with Gasteiger partial charge in [-0.15, -0.1) is 0 Å². The van der Waals surface area contributed by atoms with Gasteiger partial charge in [0.05, 0.1) is 19.1 Å². The van der Waals surface area contributed by atoms with Crippen molar-refractivity contribution in [3.05, 3.63) is 47.4 Å². The molecular formula is C24H34FN3O3. The molecule has 1 saturated heterocycles. The SMILES string of the molecule is CCOC(=O)CC(c1ccc(F)cc1)C1CCN(C(C)c2nc(C(C)(C)C)no2)CC1. The van der Waals surface area contributed by atoms with E-state index in [9.17, 15) is 9.18 Å². The van der Waals surface area contributed by atoms with Gasteiger partial charge in [-0.1, -0.05) is 38.1 Å². The molecule has 3 rings (SSSR count). The van der Waals surface area contributed by atoms with Crippen LogP contribution in [-0.2, 0) is 14.9 Å². The van der Waals surface area contributed by atoms with E-state index in [-0.39, 0.29) is 29.2 Å². The molecule has 0 N–H and O–H groups in total. The molecule has 0 bridgehead atoms. The van der Waals surface area contributed by atoms with Crippen molar-refractivity contribution < 1.29 is 18.4 Å². The van der Waals surface area contributed by atoms with Crippen molar-refractivity contribution >= 4 is 5.97 Å². The fraction of sp³-hybridized carbons (Fsp3) is 0.625. The van der Waals surface area contributed by atoms with Gasteiger partial charge in [-0.25, -0.2) is 4.39 Å². The fourth-order valence-corrected chi connectivity index (χ4v) is 4.24. The van der Waals surface area contributed by atoms with Gasteiger partial charge in [0.1, 0.15) is 5.82 Å². The minimum absolute atomic E-state index is 0.0213. The topological polar surface area (TPSA) is 68.5 Å². The Hall–Kier alpha value is -2.28. The van der Waals surface area contributed by atoms with Crippen LogP contribution in [0.1, 0.15) is 83.1 Å². The van der Waals surface area contributed by atoms with Crippen LogP contribution < -0.4 is 0 Å². The Kier molecular flexibility index (Phi) is 7.46. The van der Waals surface area contributed by atoms with Gasteiger partial charge in [0.25, 0.3) is 0 Å². The number of carbonyl (C=O) groups is 1. The Bertz CT molecular complexity index is 852. The first kappa shape index (κ1) is 23.4. The Labute approximate surface area is 184 Å². The van der Waals surface area contributed by atoms with Crippen molar-refractivity contribution in [2.45, 2.75) is 71.3 Å². The molecule has 0 saturated carbocycles. The summed E-state index contributed by atoms with van der Waals surface area (Å²) in [5, 5.41) is 4.15. The van der Waals surface area contributed by atoms with E-state index in [4.69, 9.17) is 9.26 Å². The normalized spacial score (nSPS) is 18.0. The fourth-order valence-electron chi connectivity index (χ4n) is 4.24. The third-order valence-corrected chi connectivity index (χ3v) is 6.15. The monoisotopic (exact) mass is 431 g/mol. The van der Waals surface area contributed by atoms with Crippen molar-refractivity contribution in [2.75, 3.05) is 19.7 Å². The maximum Gasteiger partial charge on any atom is 0.306 e. The van der Waals surface area contributed by atoms with Crippen LogP contribution in [0.25, 0.3) is 0 Å². The second kappa shape index (κ2) is 9.90. The molecular weight excluding hydrogens is 397 g/mol. The molecule has 0 amide bonds. The van der Waals surface area contributed by atoms with Crippen LogP contribution in [0.5, 0.6) is 0 Å². The number of carbonyl (C=O) groups excluding carboxylic acids is 1. The molecule has 7 heteroatoms. The summed E-state index contributed by atoms with van der Waals surface area (Å²) in [7, 11) is 0. The minimum atomic E-state index is -0.267. The number of hydrogen-bond acceptors (Lipinski definition) is 6. The summed E-state index contributed by atoms with van der Waals surface area (Å²) in [6.07, 6.45) is 2.19. The van der Waals surface area contributed by atoms with Gasteiger partial charge in [-0.2, -0.15) is 4.98 Å². The summed E-state index contributed by atoms with van der Waals surface area (Å²) in [6.45, 7) is 12.2. The molecule has 1 aromatic carbocycles. The predicted octanol–water partition coefficient (Wildman–Crippen LogP) is 5.02. The van der Waals surface area contributed by atoms with E-state index in [1.807, 2.05) is 6.92 Å². The average Bonchev–Trinajstić information content (AvgIpc) is 3.24. The van der Waals surface area contributed by atoms with Gasteiger partial charge < -0.3 is 9.26 Å². The lowest BCUT2D eigenvalue weighted by molar-refractivity contribution is -0.144. The van der Waals surface area contributed by atoms with Crippen LogP contribution in [0.3, 0.4) is 0 Å². The summed E-state index contributed by atoms with van der Waals surface area (Å²) in [5.41, 5.74) is 0.844. The first-order valence-corrected chi connectivity index (χ1v) is 11.2. The highest BCUT2D eigenvalue weighted by molar-refractivity contribution is 5.70. The van der Waals surface area contributed by atoms with Crippen molar-refractivity contribution in [1.29, 1.82) is 0 Å². The predicted molar refractivity (Wildman–Crippen MR) is 116 cm³/mol. The maximum atomic E-state index is 13.4. The molecule has 2 atom stereocenters. The number of ether oxygens (including phenoxy) is 1. The molecule has 1 fully saturated rings. The maximum absolute atomic E-state index is 13.4. The zero-order valence-electron chi connectivity index (χ0n) is 19.2. The standard InChI is InChI=1S/C24H34FN3O3/c1-6-30-21(29)15-20(17-7-9-19(25)10-8-17)18-11-13-28(14-12-18)16(2)22-26-23(27-31-22)24(3,4)5/h7-10,16,18,20H,6,11-15H2,1-5H3. The molecule has 0 aliphatic carbocycles. The Morgan fingerprint density at radius 2 is 1.90 bits per heavy atom. The van der Waals surface area contributed by atoms with Crippen LogP contribution >= 0.6 is 0 Å². The van der Waals surface area contributed by atoms with Gasteiger partial charge >= 0.3 is 5.97 Å². The molecule has 0 radical (unpaired) electrons. The molecule has 31 heavy (non-hydrogen) atoms. The summed E-state index contributed by atoms with van der Waals surface area (Å²) >= 11 is 0. The Morgan fingerprint density at radius 3 is 2.45 bits per heavy atom. The number of esters is 1. The Morgan fingerprint density at radius 1 is 1.26 bits per heavy atom. The van der Waals surface area contributed by atoms with E-state index in [1.54, 1.807) is 12.1 Å². The van der Waals surface area contributed by atoms with Crippen molar-refractivity contribution in [2.24, 2.45) is 5.92 Å². The molecule has 1 aliphatic rings. The van der Waals surface area contributed by atoms with E-state index in [0.717, 1.165) is 37.3 Å². The van der Waals surface area contributed by atoms with Crippen LogP contribution in [0.2, 0.25) is 0 Å². The van der Waals surface area contributed by atoms with Gasteiger partial charge in [-0.05, 0) is 69.3 Å². The average molecular weight is 432 g/mol. The molecule has 2 unspecified atom stereocenters. The molecule has 1 aliphatic heterocycles. The number of piperidine rings is 1. The van der Waals surface area contributed by atoms with E-state index in [0.29, 0.717) is 24.8 Å². The lowest BCUT2D eigenvalue weighted by Crippen LogP contribution is -2.38. The lowest BCUT2D eigenvalue weighted by atomic mass is 9.78. The van der Waals surface area contributed by atoms with Crippen LogP contribution in [-0.4, -0.2) is 40.7 Å². The minimum Gasteiger partial charge on any atom is -0.466 e. The zero-order chi connectivity index (χ0) is 22.6. The summed E-state index contributed by atoms with van der Waals surface area (Å²) in [6, 6.07) is 6.56. The molecule has 2 heterocycles. The molecule has 170 valence electrons. The van der Waals surface area contributed by atoms with Crippen molar-refractivity contribution in [3.8, 4) is 0 Å². The smallest absolute Gasteiger partial charge is 0.306 e. The van der Waals surface area contributed by atoms with Crippen LogP contribution in [0, 0.1) is 11.7 Å². The van der Waals surface area contributed by atoms with Gasteiger partial charge in [-0.3, -0.25) is 9.69 Å². The molecule has 0 spiro atoms. The summed E-state index contributed by atoms with van der Waals surface area (Å²) in [4.78, 5) is 19.2. The third kappa shape index (κ3) is 5.91. The third-order valence-electron chi connectivity index (χ3n) is 6.15. The number of benzene rings is 1. The van der Waals surface area contributed by atoms with Gasteiger partial charge in [0, 0.05) is 5.41 Å². The van der Waals surface area contributed by atoms with Crippen LogP contribution in [0.4, 0.5) is 4.39 Å². The largest absolute Gasteiger partial charge is 0.466 e. The Balaban J connectivity index is 1.67. The number of nitrogens with zero attached hydrogens (tertiary/aromatic N) is 3.